The van der Waals surface area contributed by atoms with Crippen LogP contribution in [0, 0.1) is 5.92 Å². The molecule has 1 saturated heterocycles. The van der Waals surface area contributed by atoms with Crippen molar-refractivity contribution in [1.29, 1.82) is 0 Å². The molecule has 2 amide bonds. The lowest BCUT2D eigenvalue weighted by molar-refractivity contribution is -0.130. The summed E-state index contributed by atoms with van der Waals surface area (Å²) in [7, 11) is 0. The normalized spacial score (nSPS) is 22.7. The Kier molecular flexibility index (Phi) is 4.33. The average molecular weight is 226 g/mol. The quantitative estimate of drug-likeness (QED) is 0.782. The van der Waals surface area contributed by atoms with E-state index in [2.05, 4.69) is 5.32 Å². The second-order valence-electron chi connectivity index (χ2n) is 4.86. The smallest absolute Gasteiger partial charge is 0.225 e. The molecule has 1 rings (SSSR count). The first kappa shape index (κ1) is 13.0. The van der Waals surface area contributed by atoms with Gasteiger partial charge in [0, 0.05) is 25.0 Å². The number of amides is 2. The lowest BCUT2D eigenvalue weighted by Gasteiger charge is -2.21. The van der Waals surface area contributed by atoms with Crippen molar-refractivity contribution in [2.24, 2.45) is 5.92 Å². The minimum absolute atomic E-state index is 0.0193. The van der Waals surface area contributed by atoms with Gasteiger partial charge >= 0.3 is 0 Å². The molecule has 1 fully saturated rings. The van der Waals surface area contributed by atoms with Crippen LogP contribution in [0.3, 0.4) is 0 Å². The van der Waals surface area contributed by atoms with Crippen molar-refractivity contribution in [1.82, 2.24) is 10.2 Å². The highest BCUT2D eigenvalue weighted by atomic mass is 16.2. The fourth-order valence-electron chi connectivity index (χ4n) is 1.87. The first-order valence-electron chi connectivity index (χ1n) is 6.05. The zero-order valence-electron chi connectivity index (χ0n) is 10.6. The highest BCUT2D eigenvalue weighted by Crippen LogP contribution is 2.20. The first-order chi connectivity index (χ1) is 7.45. The number of hydrogen-bond acceptors (Lipinski definition) is 2. The first-order valence-corrected chi connectivity index (χ1v) is 6.05. The fraction of sp³-hybridized carbons (Fsp3) is 0.833. The Morgan fingerprint density at radius 1 is 1.50 bits per heavy atom. The lowest BCUT2D eigenvalue weighted by atomic mass is 10.1. The van der Waals surface area contributed by atoms with Crippen LogP contribution < -0.4 is 5.32 Å². The van der Waals surface area contributed by atoms with E-state index in [4.69, 9.17) is 0 Å². The summed E-state index contributed by atoms with van der Waals surface area (Å²) in [5, 5.41) is 2.93. The SMILES string of the molecule is CC[C@@H](C)NC(=O)[C@H]1CC(=O)N(C(C)C)C1. The van der Waals surface area contributed by atoms with Crippen LogP contribution in [0.25, 0.3) is 0 Å². The molecule has 0 spiro atoms. The summed E-state index contributed by atoms with van der Waals surface area (Å²) in [6.07, 6.45) is 1.28. The van der Waals surface area contributed by atoms with Gasteiger partial charge in [-0.15, -0.1) is 0 Å². The monoisotopic (exact) mass is 226 g/mol. The second kappa shape index (κ2) is 5.32. The standard InChI is InChI=1S/C12H22N2O2/c1-5-9(4)13-12(16)10-6-11(15)14(7-10)8(2)3/h8-10H,5-7H2,1-4H3,(H,13,16)/t9-,10+/m1/s1. The molecule has 0 saturated carbocycles. The van der Waals surface area contributed by atoms with E-state index in [1.807, 2.05) is 27.7 Å². The number of rotatable bonds is 4. The van der Waals surface area contributed by atoms with Crippen LogP contribution in [0.15, 0.2) is 0 Å². The van der Waals surface area contributed by atoms with Crippen LogP contribution >= 0.6 is 0 Å². The molecule has 1 aliphatic heterocycles. The van der Waals surface area contributed by atoms with Crippen molar-refractivity contribution in [2.45, 2.75) is 52.6 Å². The molecule has 0 aromatic carbocycles. The number of carbonyl (C=O) groups is 2. The Hall–Kier alpha value is -1.06. The molecule has 0 bridgehead atoms. The Balaban J connectivity index is 2.52. The van der Waals surface area contributed by atoms with E-state index in [1.165, 1.54) is 0 Å². The maximum atomic E-state index is 11.8. The number of likely N-dealkylation sites (tertiary alicyclic amines) is 1. The lowest BCUT2D eigenvalue weighted by Crippen LogP contribution is -2.39. The van der Waals surface area contributed by atoms with Crippen molar-refractivity contribution in [3.63, 3.8) is 0 Å². The van der Waals surface area contributed by atoms with E-state index >= 15 is 0 Å². The van der Waals surface area contributed by atoms with Gasteiger partial charge in [0.2, 0.25) is 11.8 Å². The zero-order chi connectivity index (χ0) is 12.3. The minimum Gasteiger partial charge on any atom is -0.353 e. The maximum absolute atomic E-state index is 11.8. The van der Waals surface area contributed by atoms with E-state index < -0.39 is 0 Å². The van der Waals surface area contributed by atoms with Gasteiger partial charge in [0.25, 0.3) is 0 Å². The van der Waals surface area contributed by atoms with E-state index in [1.54, 1.807) is 4.90 Å². The minimum atomic E-state index is -0.163. The molecular formula is C12H22N2O2. The topological polar surface area (TPSA) is 49.4 Å². The van der Waals surface area contributed by atoms with Gasteiger partial charge in [0.1, 0.15) is 0 Å². The summed E-state index contributed by atoms with van der Waals surface area (Å²) in [6, 6.07) is 0.379. The fourth-order valence-corrected chi connectivity index (χ4v) is 1.87. The van der Waals surface area contributed by atoms with Crippen LogP contribution in [-0.2, 0) is 9.59 Å². The van der Waals surface area contributed by atoms with E-state index in [-0.39, 0.29) is 29.8 Å². The summed E-state index contributed by atoms with van der Waals surface area (Å²) in [5.41, 5.74) is 0. The van der Waals surface area contributed by atoms with Gasteiger partial charge in [-0.3, -0.25) is 9.59 Å². The largest absolute Gasteiger partial charge is 0.353 e. The average Bonchev–Trinajstić information content (AvgIpc) is 2.60. The van der Waals surface area contributed by atoms with Crippen molar-refractivity contribution in [3.8, 4) is 0 Å². The molecule has 92 valence electrons. The molecule has 1 N–H and O–H groups in total. The van der Waals surface area contributed by atoms with E-state index in [9.17, 15) is 9.59 Å². The zero-order valence-corrected chi connectivity index (χ0v) is 10.6. The molecule has 0 radical (unpaired) electrons. The molecule has 1 heterocycles. The van der Waals surface area contributed by atoms with Gasteiger partial charge in [-0.2, -0.15) is 0 Å². The molecule has 0 unspecified atom stereocenters. The molecule has 16 heavy (non-hydrogen) atoms. The second-order valence-corrected chi connectivity index (χ2v) is 4.86. The van der Waals surface area contributed by atoms with Crippen LogP contribution in [-0.4, -0.2) is 35.3 Å². The van der Waals surface area contributed by atoms with E-state index in [0.29, 0.717) is 13.0 Å². The van der Waals surface area contributed by atoms with Gasteiger partial charge in [0.05, 0.1) is 5.92 Å². The molecule has 0 aromatic heterocycles. The van der Waals surface area contributed by atoms with Crippen LogP contribution in [0.4, 0.5) is 0 Å². The van der Waals surface area contributed by atoms with Gasteiger partial charge in [-0.05, 0) is 27.2 Å². The summed E-state index contributed by atoms with van der Waals surface area (Å²) in [5.74, 6) is -0.0472. The van der Waals surface area contributed by atoms with Gasteiger partial charge in [0.15, 0.2) is 0 Å². The Morgan fingerprint density at radius 2 is 2.12 bits per heavy atom. The van der Waals surface area contributed by atoms with Crippen LogP contribution in [0.1, 0.15) is 40.5 Å². The molecule has 1 aliphatic rings. The summed E-state index contributed by atoms with van der Waals surface area (Å²) >= 11 is 0. The summed E-state index contributed by atoms with van der Waals surface area (Å²) < 4.78 is 0. The molecule has 0 aliphatic carbocycles. The molecule has 0 aromatic rings. The van der Waals surface area contributed by atoms with Crippen molar-refractivity contribution in [3.05, 3.63) is 0 Å². The highest BCUT2D eigenvalue weighted by molar-refractivity contribution is 5.89. The number of hydrogen-bond donors (Lipinski definition) is 1. The Bertz CT molecular complexity index is 276. The molecule has 2 atom stereocenters. The number of nitrogens with zero attached hydrogens (tertiary/aromatic N) is 1. The van der Waals surface area contributed by atoms with Crippen molar-refractivity contribution in [2.75, 3.05) is 6.54 Å². The molecular weight excluding hydrogens is 204 g/mol. The van der Waals surface area contributed by atoms with Crippen LogP contribution in [0.2, 0.25) is 0 Å². The summed E-state index contributed by atoms with van der Waals surface area (Å²) in [6.45, 7) is 8.54. The Morgan fingerprint density at radius 3 is 2.56 bits per heavy atom. The van der Waals surface area contributed by atoms with Gasteiger partial charge in [-0.1, -0.05) is 6.92 Å². The third kappa shape index (κ3) is 2.97. The van der Waals surface area contributed by atoms with E-state index in [0.717, 1.165) is 6.42 Å². The van der Waals surface area contributed by atoms with Crippen LogP contribution in [0.5, 0.6) is 0 Å². The number of carbonyl (C=O) groups excluding carboxylic acids is 2. The van der Waals surface area contributed by atoms with Crippen molar-refractivity contribution >= 4 is 11.8 Å². The van der Waals surface area contributed by atoms with Crippen molar-refractivity contribution < 1.29 is 9.59 Å². The Labute approximate surface area is 97.4 Å². The molecule has 4 heteroatoms. The van der Waals surface area contributed by atoms with Gasteiger partial charge < -0.3 is 10.2 Å². The highest BCUT2D eigenvalue weighted by Gasteiger charge is 2.35. The maximum Gasteiger partial charge on any atom is 0.225 e. The summed E-state index contributed by atoms with van der Waals surface area (Å²) in [4.78, 5) is 25.2. The number of nitrogens with one attached hydrogen (secondary N) is 1. The molecule has 4 nitrogen and oxygen atoms in total. The predicted molar refractivity (Wildman–Crippen MR) is 62.9 cm³/mol. The third-order valence-electron chi connectivity index (χ3n) is 3.15. The third-order valence-corrected chi connectivity index (χ3v) is 3.15. The van der Waals surface area contributed by atoms with Gasteiger partial charge in [-0.25, -0.2) is 0 Å². The predicted octanol–water partition coefficient (Wildman–Crippen LogP) is 1.16.